The van der Waals surface area contributed by atoms with Gasteiger partial charge in [-0.3, -0.25) is 4.79 Å². The summed E-state index contributed by atoms with van der Waals surface area (Å²) >= 11 is 0. The van der Waals surface area contributed by atoms with Crippen molar-refractivity contribution in [3.8, 4) is 16.9 Å². The quantitative estimate of drug-likeness (QED) is 0.206. The summed E-state index contributed by atoms with van der Waals surface area (Å²) in [7, 11) is 0. The molecule has 0 saturated carbocycles. The second-order valence-electron chi connectivity index (χ2n) is 10.1. The average Bonchev–Trinajstić information content (AvgIpc) is 2.86. The molecule has 0 saturated heterocycles. The molecule has 0 aliphatic heterocycles. The molecule has 0 aliphatic rings. The van der Waals surface area contributed by atoms with Crippen LogP contribution >= 0.6 is 0 Å². The van der Waals surface area contributed by atoms with E-state index in [0.717, 1.165) is 16.7 Å². The SMILES string of the molecule is Cc1ccccc1C(=O)CCC(NC(=O)OC(C)(C)C)c1ccc(-c2ccc(OC(F)(F)C(F)F)cc2)cc1. The molecule has 208 valence electrons. The molecule has 0 aliphatic carbocycles. The first-order chi connectivity index (χ1) is 18.2. The Balaban J connectivity index is 1.77. The summed E-state index contributed by atoms with van der Waals surface area (Å²) in [5.74, 6) is -0.430. The predicted octanol–water partition coefficient (Wildman–Crippen LogP) is 8.13. The molecule has 0 radical (unpaired) electrons. The van der Waals surface area contributed by atoms with E-state index in [9.17, 15) is 27.2 Å². The second kappa shape index (κ2) is 12.3. The number of carbonyl (C=O) groups excluding carboxylic acids is 2. The van der Waals surface area contributed by atoms with E-state index in [2.05, 4.69) is 10.1 Å². The molecule has 0 aromatic heterocycles. The number of alkyl carbamates (subject to hydrolysis) is 1. The molecular formula is C30H31F4NO4. The van der Waals surface area contributed by atoms with Crippen LogP contribution in [0.4, 0.5) is 22.4 Å². The van der Waals surface area contributed by atoms with Gasteiger partial charge in [0.1, 0.15) is 11.4 Å². The van der Waals surface area contributed by atoms with Gasteiger partial charge in [0.05, 0.1) is 6.04 Å². The Kier molecular flexibility index (Phi) is 9.37. The van der Waals surface area contributed by atoms with Gasteiger partial charge in [0.2, 0.25) is 0 Å². The summed E-state index contributed by atoms with van der Waals surface area (Å²) in [6.45, 7) is 7.13. The zero-order valence-electron chi connectivity index (χ0n) is 22.1. The minimum Gasteiger partial charge on any atom is -0.444 e. The van der Waals surface area contributed by atoms with E-state index in [0.29, 0.717) is 17.5 Å². The molecule has 1 atom stereocenters. The molecule has 0 spiro atoms. The van der Waals surface area contributed by atoms with Crippen molar-refractivity contribution >= 4 is 11.9 Å². The Hall–Kier alpha value is -3.88. The van der Waals surface area contributed by atoms with Gasteiger partial charge in [-0.25, -0.2) is 4.79 Å². The lowest BCUT2D eigenvalue weighted by Gasteiger charge is -2.24. The van der Waals surface area contributed by atoms with Crippen LogP contribution in [0.2, 0.25) is 0 Å². The molecule has 1 N–H and O–H groups in total. The molecule has 0 heterocycles. The highest BCUT2D eigenvalue weighted by molar-refractivity contribution is 5.97. The molecule has 5 nitrogen and oxygen atoms in total. The van der Waals surface area contributed by atoms with Crippen molar-refractivity contribution in [3.63, 3.8) is 0 Å². The first kappa shape index (κ1) is 29.7. The maximum atomic E-state index is 13.2. The average molecular weight is 546 g/mol. The molecule has 39 heavy (non-hydrogen) atoms. The number of halogens is 4. The third-order valence-corrected chi connectivity index (χ3v) is 5.81. The fourth-order valence-corrected chi connectivity index (χ4v) is 3.89. The highest BCUT2D eigenvalue weighted by Crippen LogP contribution is 2.30. The predicted molar refractivity (Wildman–Crippen MR) is 140 cm³/mol. The van der Waals surface area contributed by atoms with Crippen LogP contribution in [-0.4, -0.2) is 30.0 Å². The van der Waals surface area contributed by atoms with Gasteiger partial charge in [-0.2, -0.15) is 17.6 Å². The standard InChI is InChI=1S/C30H31F4NO4/c1-19-7-5-6-8-24(19)26(36)18-17-25(35-28(37)39-29(2,3)4)22-11-9-20(10-12-22)21-13-15-23(16-14-21)38-30(33,34)27(31)32/h5-16,25,27H,17-18H2,1-4H3,(H,35,37). The van der Waals surface area contributed by atoms with E-state index in [1.54, 1.807) is 57.2 Å². The third-order valence-electron chi connectivity index (χ3n) is 5.81. The van der Waals surface area contributed by atoms with E-state index in [-0.39, 0.29) is 18.0 Å². The number of rotatable bonds is 10. The number of amides is 1. The fraction of sp³-hybridized carbons (Fsp3) is 0.333. The van der Waals surface area contributed by atoms with Gasteiger partial charge < -0.3 is 14.8 Å². The van der Waals surface area contributed by atoms with Crippen LogP contribution in [-0.2, 0) is 4.74 Å². The lowest BCUT2D eigenvalue weighted by molar-refractivity contribution is -0.253. The smallest absolute Gasteiger partial charge is 0.444 e. The van der Waals surface area contributed by atoms with Crippen LogP contribution in [0.5, 0.6) is 5.75 Å². The number of hydrogen-bond acceptors (Lipinski definition) is 4. The molecule has 3 aromatic rings. The number of hydrogen-bond donors (Lipinski definition) is 1. The van der Waals surface area contributed by atoms with Crippen molar-refractivity contribution in [1.82, 2.24) is 5.32 Å². The van der Waals surface area contributed by atoms with Crippen molar-refractivity contribution in [2.24, 2.45) is 0 Å². The first-order valence-corrected chi connectivity index (χ1v) is 12.4. The summed E-state index contributed by atoms with van der Waals surface area (Å²) in [6.07, 6.45) is -8.62. The van der Waals surface area contributed by atoms with Crippen molar-refractivity contribution < 1.29 is 36.6 Å². The molecule has 1 amide bonds. The fourth-order valence-electron chi connectivity index (χ4n) is 3.89. The van der Waals surface area contributed by atoms with Crippen molar-refractivity contribution in [2.45, 2.75) is 64.7 Å². The number of alkyl halides is 4. The number of ketones is 1. The first-order valence-electron chi connectivity index (χ1n) is 12.4. The van der Waals surface area contributed by atoms with Crippen molar-refractivity contribution in [2.75, 3.05) is 0 Å². The number of ether oxygens (including phenoxy) is 2. The Morgan fingerprint density at radius 1 is 0.872 bits per heavy atom. The van der Waals surface area contributed by atoms with Gasteiger partial charge >= 0.3 is 18.6 Å². The summed E-state index contributed by atoms with van der Waals surface area (Å²) < 4.78 is 60.6. The largest absolute Gasteiger partial charge is 0.461 e. The van der Waals surface area contributed by atoms with Gasteiger partial charge in [0.15, 0.2) is 5.78 Å². The van der Waals surface area contributed by atoms with Crippen LogP contribution in [0.1, 0.15) is 61.1 Å². The van der Waals surface area contributed by atoms with Crippen LogP contribution in [0.25, 0.3) is 11.1 Å². The molecular weight excluding hydrogens is 514 g/mol. The van der Waals surface area contributed by atoms with Crippen LogP contribution in [0.15, 0.2) is 72.8 Å². The maximum Gasteiger partial charge on any atom is 0.461 e. The summed E-state index contributed by atoms with van der Waals surface area (Å²) in [6, 6.07) is 19.2. The molecule has 0 fully saturated rings. The number of Topliss-reactive ketones (excluding diaryl/α,β-unsaturated/α-hetero) is 1. The maximum absolute atomic E-state index is 13.2. The second-order valence-corrected chi connectivity index (χ2v) is 10.1. The number of aryl methyl sites for hydroxylation is 1. The van der Waals surface area contributed by atoms with Gasteiger partial charge in [-0.15, -0.1) is 0 Å². The van der Waals surface area contributed by atoms with Gasteiger partial charge in [0, 0.05) is 12.0 Å². The van der Waals surface area contributed by atoms with E-state index in [1.807, 2.05) is 19.1 Å². The zero-order valence-corrected chi connectivity index (χ0v) is 22.1. The third kappa shape index (κ3) is 8.56. The van der Waals surface area contributed by atoms with E-state index < -0.39 is 30.3 Å². The Morgan fingerprint density at radius 2 is 1.44 bits per heavy atom. The van der Waals surface area contributed by atoms with Gasteiger partial charge in [-0.05, 0) is 68.5 Å². The van der Waals surface area contributed by atoms with E-state index in [1.165, 1.54) is 24.3 Å². The molecule has 3 aromatic carbocycles. The molecule has 0 bridgehead atoms. The van der Waals surface area contributed by atoms with Crippen molar-refractivity contribution in [3.05, 3.63) is 89.5 Å². The Labute approximate surface area is 225 Å². The van der Waals surface area contributed by atoms with Gasteiger partial charge in [0.25, 0.3) is 0 Å². The van der Waals surface area contributed by atoms with E-state index in [4.69, 9.17) is 4.74 Å². The van der Waals surface area contributed by atoms with E-state index >= 15 is 0 Å². The Bertz CT molecular complexity index is 1270. The van der Waals surface area contributed by atoms with Crippen molar-refractivity contribution in [1.29, 1.82) is 0 Å². The molecule has 3 rings (SSSR count). The lowest BCUT2D eigenvalue weighted by Crippen LogP contribution is -2.35. The van der Waals surface area contributed by atoms with Crippen LogP contribution < -0.4 is 10.1 Å². The van der Waals surface area contributed by atoms with Crippen LogP contribution in [0.3, 0.4) is 0 Å². The number of nitrogens with one attached hydrogen (secondary N) is 1. The summed E-state index contributed by atoms with van der Waals surface area (Å²) in [5.41, 5.74) is 2.89. The summed E-state index contributed by atoms with van der Waals surface area (Å²) in [5, 5.41) is 2.85. The van der Waals surface area contributed by atoms with Gasteiger partial charge in [-0.1, -0.05) is 60.7 Å². The zero-order chi connectivity index (χ0) is 28.8. The minimum atomic E-state index is -4.58. The molecule has 9 heteroatoms. The van der Waals surface area contributed by atoms with Crippen LogP contribution in [0, 0.1) is 6.92 Å². The lowest BCUT2D eigenvalue weighted by atomic mass is 9.95. The highest BCUT2D eigenvalue weighted by Gasteiger charge is 2.43. The topological polar surface area (TPSA) is 64.6 Å². The Morgan fingerprint density at radius 3 is 1.97 bits per heavy atom. The normalized spacial score (nSPS) is 12.6. The molecule has 1 unspecified atom stereocenters. The number of benzene rings is 3. The monoisotopic (exact) mass is 545 g/mol. The summed E-state index contributed by atoms with van der Waals surface area (Å²) in [4.78, 5) is 25.4. The highest BCUT2D eigenvalue weighted by atomic mass is 19.3. The minimum absolute atomic E-state index is 0.0413. The number of carbonyl (C=O) groups is 2.